The molecule has 0 radical (unpaired) electrons. The molecule has 0 amide bonds. The van der Waals surface area contributed by atoms with Gasteiger partial charge in [0.05, 0.1) is 11.0 Å². The summed E-state index contributed by atoms with van der Waals surface area (Å²) in [5.74, 6) is 0. The molecule has 60 heavy (non-hydrogen) atoms. The van der Waals surface area contributed by atoms with Crippen LogP contribution >= 0.6 is 11.3 Å². The van der Waals surface area contributed by atoms with E-state index in [0.29, 0.717) is 0 Å². The molecule has 3 heterocycles. The fourth-order valence-corrected chi connectivity index (χ4v) is 10.5. The summed E-state index contributed by atoms with van der Waals surface area (Å²) < 4.78 is 11.2. The zero-order chi connectivity index (χ0) is 39.7. The Kier molecular flexibility index (Phi) is 8.11. The zero-order valence-electron chi connectivity index (χ0n) is 33.2. The molecule has 0 saturated heterocycles. The van der Waals surface area contributed by atoms with Crippen LogP contribution in [0.25, 0.3) is 103 Å². The fourth-order valence-electron chi connectivity index (χ4n) is 9.44. The lowest BCUT2D eigenvalue weighted by atomic mass is 9.90. The minimum absolute atomic E-state index is 0.921. The molecule has 0 bridgehead atoms. The first kappa shape index (κ1) is 34.8. The third-order valence-electron chi connectivity index (χ3n) is 12.5. The Bertz CT molecular complexity index is 3620. The lowest BCUT2D eigenvalue weighted by Gasteiger charge is -2.14. The van der Waals surface area contributed by atoms with Gasteiger partial charge in [0, 0.05) is 47.4 Å². The van der Waals surface area contributed by atoms with E-state index in [-0.39, 0.29) is 0 Å². The Labute approximate surface area is 352 Å². The maximum Gasteiger partial charge on any atom is 0.135 e. The lowest BCUT2D eigenvalue weighted by molar-refractivity contribution is 0.669. The standard InChI is InChI=1S/C57H39NOS/c1-36-19-21-39(31-47(36)44-14-6-5-13-38(44)22-20-37-11-3-2-4-12-37)40-23-27-53-48(32-40)45-15-7-9-17-52(45)58(53)43-26-30-57-51(35-43)50-34-42(25-29-56(50)60-57)41-24-28-55-49(33-41)46-16-8-10-18-54(46)59-55/h2-19,21,23-35H,20,22H2,1H3. The maximum absolute atomic E-state index is 6.15. The molecule has 0 atom stereocenters. The van der Waals surface area contributed by atoms with Crippen LogP contribution in [-0.4, -0.2) is 4.57 Å². The third kappa shape index (κ3) is 5.77. The molecule has 0 aliphatic rings. The molecular formula is C57H39NOS. The van der Waals surface area contributed by atoms with E-state index in [4.69, 9.17) is 4.42 Å². The van der Waals surface area contributed by atoms with Gasteiger partial charge in [-0.25, -0.2) is 0 Å². The number of hydrogen-bond donors (Lipinski definition) is 0. The van der Waals surface area contributed by atoms with Crippen molar-refractivity contribution >= 4 is 75.3 Å². The molecular weight excluding hydrogens is 747 g/mol. The van der Waals surface area contributed by atoms with Crippen molar-refractivity contribution in [1.29, 1.82) is 0 Å². The van der Waals surface area contributed by atoms with Crippen molar-refractivity contribution in [2.45, 2.75) is 19.8 Å². The molecule has 12 aromatic rings. The van der Waals surface area contributed by atoms with Crippen LogP contribution < -0.4 is 0 Å². The van der Waals surface area contributed by atoms with Gasteiger partial charge in [0.2, 0.25) is 0 Å². The van der Waals surface area contributed by atoms with Crippen molar-refractivity contribution < 1.29 is 4.42 Å². The van der Waals surface area contributed by atoms with E-state index in [1.165, 1.54) is 97.7 Å². The van der Waals surface area contributed by atoms with Gasteiger partial charge in [-0.2, -0.15) is 0 Å². The number of hydrogen-bond acceptors (Lipinski definition) is 2. The highest BCUT2D eigenvalue weighted by Gasteiger charge is 2.17. The molecule has 2 nitrogen and oxygen atoms in total. The number of nitrogens with zero attached hydrogens (tertiary/aromatic N) is 1. The van der Waals surface area contributed by atoms with Crippen molar-refractivity contribution in [3.05, 3.63) is 211 Å². The Hall–Kier alpha value is -7.20. The van der Waals surface area contributed by atoms with Crippen LogP contribution in [0, 0.1) is 6.92 Å². The van der Waals surface area contributed by atoms with Crippen molar-refractivity contribution in [2.75, 3.05) is 0 Å². The zero-order valence-corrected chi connectivity index (χ0v) is 34.0. The van der Waals surface area contributed by atoms with Gasteiger partial charge in [0.15, 0.2) is 0 Å². The van der Waals surface area contributed by atoms with Crippen LogP contribution in [0.15, 0.2) is 199 Å². The van der Waals surface area contributed by atoms with Gasteiger partial charge in [-0.3, -0.25) is 0 Å². The summed E-state index contributed by atoms with van der Waals surface area (Å²) in [4.78, 5) is 0. The molecule has 3 aromatic heterocycles. The second-order valence-electron chi connectivity index (χ2n) is 16.1. The van der Waals surface area contributed by atoms with Gasteiger partial charge in [-0.1, -0.05) is 121 Å². The van der Waals surface area contributed by atoms with Crippen LogP contribution in [0.3, 0.4) is 0 Å². The Morgan fingerprint density at radius 2 is 1.03 bits per heavy atom. The summed E-state index contributed by atoms with van der Waals surface area (Å²) in [6.45, 7) is 2.24. The molecule has 0 spiro atoms. The fraction of sp³-hybridized carbons (Fsp3) is 0.0526. The molecule has 0 N–H and O–H groups in total. The van der Waals surface area contributed by atoms with Crippen molar-refractivity contribution in [3.63, 3.8) is 0 Å². The van der Waals surface area contributed by atoms with Gasteiger partial charge in [-0.15, -0.1) is 11.3 Å². The van der Waals surface area contributed by atoms with Gasteiger partial charge >= 0.3 is 0 Å². The number of rotatable bonds is 7. The summed E-state index contributed by atoms with van der Waals surface area (Å²) >= 11 is 1.86. The first-order chi connectivity index (χ1) is 29.6. The maximum atomic E-state index is 6.15. The van der Waals surface area contributed by atoms with E-state index < -0.39 is 0 Å². The number of para-hydroxylation sites is 2. The smallest absolute Gasteiger partial charge is 0.135 e. The molecule has 12 rings (SSSR count). The van der Waals surface area contributed by atoms with E-state index in [1.54, 1.807) is 0 Å². The molecule has 0 saturated carbocycles. The van der Waals surface area contributed by atoms with Gasteiger partial charge in [-0.05, 0) is 143 Å². The number of aryl methyl sites for hydroxylation is 3. The van der Waals surface area contributed by atoms with E-state index in [9.17, 15) is 0 Å². The molecule has 9 aromatic carbocycles. The molecule has 284 valence electrons. The first-order valence-corrected chi connectivity index (χ1v) is 21.6. The molecule has 0 aliphatic carbocycles. The predicted molar refractivity (Wildman–Crippen MR) is 256 cm³/mol. The number of furan rings is 1. The predicted octanol–water partition coefficient (Wildman–Crippen LogP) is 16.1. The van der Waals surface area contributed by atoms with Crippen molar-refractivity contribution in [1.82, 2.24) is 4.57 Å². The highest BCUT2D eigenvalue weighted by Crippen LogP contribution is 2.42. The molecule has 0 aliphatic heterocycles. The number of benzene rings is 9. The minimum Gasteiger partial charge on any atom is -0.456 e. The highest BCUT2D eigenvalue weighted by molar-refractivity contribution is 7.25. The summed E-state index contributed by atoms with van der Waals surface area (Å²) in [5.41, 5.74) is 17.0. The number of fused-ring (bicyclic) bond motifs is 9. The largest absolute Gasteiger partial charge is 0.456 e. The normalized spacial score (nSPS) is 11.9. The van der Waals surface area contributed by atoms with Crippen molar-refractivity contribution in [3.8, 4) is 39.1 Å². The van der Waals surface area contributed by atoms with Gasteiger partial charge in [0.25, 0.3) is 0 Å². The van der Waals surface area contributed by atoms with E-state index >= 15 is 0 Å². The van der Waals surface area contributed by atoms with Crippen molar-refractivity contribution in [2.24, 2.45) is 0 Å². The van der Waals surface area contributed by atoms with E-state index in [1.807, 2.05) is 23.5 Å². The van der Waals surface area contributed by atoms with Crippen LogP contribution in [0.1, 0.15) is 16.7 Å². The number of thiophene rings is 1. The summed E-state index contributed by atoms with van der Waals surface area (Å²) in [6.07, 6.45) is 2.03. The van der Waals surface area contributed by atoms with Crippen LogP contribution in [0.2, 0.25) is 0 Å². The van der Waals surface area contributed by atoms with E-state index in [0.717, 1.165) is 34.8 Å². The van der Waals surface area contributed by atoms with Gasteiger partial charge in [0.1, 0.15) is 11.2 Å². The average molecular weight is 786 g/mol. The third-order valence-corrected chi connectivity index (χ3v) is 13.6. The second-order valence-corrected chi connectivity index (χ2v) is 17.1. The highest BCUT2D eigenvalue weighted by atomic mass is 32.1. The molecule has 0 unspecified atom stereocenters. The Morgan fingerprint density at radius 1 is 0.417 bits per heavy atom. The molecule has 0 fully saturated rings. The Balaban J connectivity index is 0.940. The minimum atomic E-state index is 0.921. The number of aromatic nitrogens is 1. The summed E-state index contributed by atoms with van der Waals surface area (Å²) in [5, 5.41) is 7.38. The lowest BCUT2D eigenvalue weighted by Crippen LogP contribution is -1.96. The SMILES string of the molecule is Cc1ccc(-c2ccc3c(c2)c2ccccc2n3-c2ccc3sc4ccc(-c5ccc6oc7ccccc7c6c5)cc4c3c2)cc1-c1ccccc1CCc1ccccc1. The Morgan fingerprint density at radius 3 is 1.92 bits per heavy atom. The second kappa shape index (κ2) is 14.0. The monoisotopic (exact) mass is 785 g/mol. The van der Waals surface area contributed by atoms with Gasteiger partial charge < -0.3 is 8.98 Å². The molecule has 3 heteroatoms. The first-order valence-electron chi connectivity index (χ1n) is 20.8. The van der Waals surface area contributed by atoms with Crippen LogP contribution in [0.4, 0.5) is 0 Å². The average Bonchev–Trinajstić information content (AvgIpc) is 3.97. The quantitative estimate of drug-likeness (QED) is 0.157. The van der Waals surface area contributed by atoms with Crippen LogP contribution in [0.5, 0.6) is 0 Å². The van der Waals surface area contributed by atoms with Crippen LogP contribution in [-0.2, 0) is 12.8 Å². The summed E-state index contributed by atoms with van der Waals surface area (Å²) in [7, 11) is 0. The topological polar surface area (TPSA) is 18.1 Å². The van der Waals surface area contributed by atoms with E-state index in [2.05, 4.69) is 193 Å². The summed E-state index contributed by atoms with van der Waals surface area (Å²) in [6, 6.07) is 71.4.